The lowest BCUT2D eigenvalue weighted by atomic mass is 10.0. The van der Waals surface area contributed by atoms with Gasteiger partial charge in [-0.05, 0) is 18.0 Å². The van der Waals surface area contributed by atoms with Gasteiger partial charge in [0, 0.05) is 4.91 Å². The van der Waals surface area contributed by atoms with Crippen LogP contribution in [0.15, 0.2) is 38.3 Å². The first kappa shape index (κ1) is 13.4. The summed E-state index contributed by atoms with van der Waals surface area (Å²) < 4.78 is 63.3. The molecule has 2 aliphatic rings. The highest BCUT2D eigenvalue weighted by atomic mass is 32.2. The molecule has 2 rings (SSSR count). The normalized spacial score (nSPS) is 22.5. The zero-order chi connectivity index (χ0) is 14.3. The number of allylic oxidation sites excluding steroid dienone is 2. The minimum Gasteiger partial charge on any atom is -0.196 e. The van der Waals surface area contributed by atoms with E-state index in [9.17, 15) is 21.6 Å². The second kappa shape index (κ2) is 4.24. The topological polar surface area (TPSA) is 111 Å². The summed E-state index contributed by atoms with van der Waals surface area (Å²) in [7, 11) is -4.53. The summed E-state index contributed by atoms with van der Waals surface area (Å²) in [6.45, 7) is 0. The number of hydrogen-bond acceptors (Lipinski definition) is 4. The van der Waals surface area contributed by atoms with Gasteiger partial charge in [-0.2, -0.15) is 26.7 Å². The number of rotatable bonds is 2. The van der Waals surface area contributed by atoms with Gasteiger partial charge in [0.05, 0.1) is 15.8 Å². The van der Waals surface area contributed by atoms with Crippen molar-refractivity contribution in [3.63, 3.8) is 0 Å². The Morgan fingerprint density at radius 3 is 2.79 bits per heavy atom. The van der Waals surface area contributed by atoms with Crippen LogP contribution in [0.4, 0.5) is 13.2 Å². The second-order valence-corrected chi connectivity index (χ2v) is 4.98. The van der Waals surface area contributed by atoms with Gasteiger partial charge >= 0.3 is 16.4 Å². The van der Waals surface area contributed by atoms with Crippen LogP contribution in [0.1, 0.15) is 6.42 Å². The third-order valence-electron chi connectivity index (χ3n) is 2.38. The van der Waals surface area contributed by atoms with Crippen molar-refractivity contribution < 1.29 is 21.6 Å². The van der Waals surface area contributed by atoms with E-state index in [0.29, 0.717) is 6.08 Å². The van der Waals surface area contributed by atoms with Gasteiger partial charge in [-0.15, -0.1) is 4.41 Å². The van der Waals surface area contributed by atoms with E-state index in [4.69, 9.17) is 5.53 Å². The van der Waals surface area contributed by atoms with E-state index in [2.05, 4.69) is 19.8 Å². The molecule has 1 unspecified atom stereocenters. The van der Waals surface area contributed by atoms with E-state index in [1.54, 1.807) is 0 Å². The van der Waals surface area contributed by atoms with Crippen molar-refractivity contribution in [2.45, 2.75) is 18.6 Å². The zero-order valence-corrected chi connectivity index (χ0v) is 9.80. The largest absolute Gasteiger partial charge is 0.416 e. The Kier molecular flexibility index (Phi) is 2.98. The molecule has 0 radical (unpaired) electrons. The molecule has 0 aromatic carbocycles. The number of halogens is 3. The predicted octanol–water partition coefficient (Wildman–Crippen LogP) is 2.37. The fraction of sp³-hybridized carbons (Fsp3) is 0.429. The number of alkyl halides is 3. The first-order chi connectivity index (χ1) is 8.75. The summed E-state index contributed by atoms with van der Waals surface area (Å²) >= 11 is 0. The molecule has 0 N–H and O–H groups in total. The monoisotopic (exact) mass is 294 g/mol. The van der Waals surface area contributed by atoms with Crippen LogP contribution in [-0.2, 0) is 10.2 Å². The van der Waals surface area contributed by atoms with Crippen LogP contribution in [0.5, 0.6) is 0 Å². The summed E-state index contributed by atoms with van der Waals surface area (Å²) in [5.74, 6) is 0. The van der Waals surface area contributed by atoms with Gasteiger partial charge in [-0.3, -0.25) is 0 Å². The molecule has 19 heavy (non-hydrogen) atoms. The minimum absolute atomic E-state index is 0.132. The molecule has 102 valence electrons. The van der Waals surface area contributed by atoms with Gasteiger partial charge in [0.25, 0.3) is 0 Å². The molecule has 12 heteroatoms. The Bertz CT molecular complexity index is 642. The average Bonchev–Trinajstić information content (AvgIpc) is 2.70. The van der Waals surface area contributed by atoms with Gasteiger partial charge in [-0.1, -0.05) is 11.3 Å². The van der Waals surface area contributed by atoms with Crippen LogP contribution in [0, 0.1) is 0 Å². The van der Waals surface area contributed by atoms with Gasteiger partial charge in [-0.25, -0.2) is 0 Å². The second-order valence-electron chi connectivity index (χ2n) is 3.57. The molecule has 0 saturated heterocycles. The minimum atomic E-state index is -4.60. The van der Waals surface area contributed by atoms with Crippen LogP contribution < -0.4 is 0 Å². The molecule has 8 nitrogen and oxygen atoms in total. The van der Waals surface area contributed by atoms with Crippen LogP contribution in [0.2, 0.25) is 0 Å². The van der Waals surface area contributed by atoms with Crippen molar-refractivity contribution in [3.05, 3.63) is 33.9 Å². The molecule has 1 aliphatic heterocycles. The van der Waals surface area contributed by atoms with Gasteiger partial charge in [0.2, 0.25) is 0 Å². The summed E-state index contributed by atoms with van der Waals surface area (Å²) in [5, 5.41) is 6.74. The molecule has 1 atom stereocenters. The van der Waals surface area contributed by atoms with Crippen LogP contribution in [0.25, 0.3) is 10.4 Å². The maximum atomic E-state index is 12.5. The van der Waals surface area contributed by atoms with Crippen molar-refractivity contribution in [1.29, 1.82) is 0 Å². The first-order valence-corrected chi connectivity index (χ1v) is 6.17. The smallest absolute Gasteiger partial charge is 0.196 e. The van der Waals surface area contributed by atoms with E-state index in [1.165, 1.54) is 0 Å². The highest BCUT2D eigenvalue weighted by Crippen LogP contribution is 2.37. The maximum Gasteiger partial charge on any atom is 0.416 e. The summed E-state index contributed by atoms with van der Waals surface area (Å²) in [6.07, 6.45) is -3.21. The van der Waals surface area contributed by atoms with Crippen molar-refractivity contribution in [2.24, 2.45) is 14.9 Å². The van der Waals surface area contributed by atoms with E-state index in [0.717, 1.165) is 6.08 Å². The van der Waals surface area contributed by atoms with Crippen molar-refractivity contribution in [2.75, 3.05) is 0 Å². The Morgan fingerprint density at radius 2 is 2.21 bits per heavy atom. The first-order valence-electron chi connectivity index (χ1n) is 4.77. The average molecular weight is 294 g/mol. The lowest BCUT2D eigenvalue weighted by molar-refractivity contribution is -0.0888. The Hall–Kier alpha value is -2.07. The molecule has 0 fully saturated rings. The summed E-state index contributed by atoms with van der Waals surface area (Å²) in [6, 6.07) is -0.824. The molecule has 0 aromatic heterocycles. The van der Waals surface area contributed by atoms with E-state index < -0.39 is 28.0 Å². The summed E-state index contributed by atoms with van der Waals surface area (Å²) in [4.78, 5) is 2.09. The molecule has 0 saturated carbocycles. The van der Waals surface area contributed by atoms with Crippen LogP contribution >= 0.6 is 0 Å². The zero-order valence-electron chi connectivity index (χ0n) is 8.98. The molecule has 0 spiro atoms. The molecule has 0 aromatic rings. The van der Waals surface area contributed by atoms with E-state index in [-0.39, 0.29) is 16.5 Å². The Labute approximate surface area is 104 Å². The van der Waals surface area contributed by atoms with E-state index in [1.807, 2.05) is 0 Å². The van der Waals surface area contributed by atoms with Crippen molar-refractivity contribution in [1.82, 2.24) is 4.41 Å². The van der Waals surface area contributed by atoms with E-state index >= 15 is 0 Å². The van der Waals surface area contributed by atoms with Gasteiger partial charge in [0.1, 0.15) is 6.04 Å². The predicted molar refractivity (Wildman–Crippen MR) is 55.4 cm³/mol. The quantitative estimate of drug-likeness (QED) is 0.442. The SMILES string of the molecule is [N-]=[N+]=NS(=O)(=O)N1N=NC2CC=C(C(F)(F)F)C=C21. The fourth-order valence-corrected chi connectivity index (χ4v) is 2.32. The van der Waals surface area contributed by atoms with Crippen molar-refractivity contribution in [3.8, 4) is 0 Å². The highest BCUT2D eigenvalue weighted by molar-refractivity contribution is 7.87. The third-order valence-corrected chi connectivity index (χ3v) is 3.38. The molecular weight excluding hydrogens is 289 g/mol. The standard InChI is InChI=1S/C7H5F3N6O2S/c8-7(9,10)4-1-2-5-6(3-4)16(14-12-5)19(17,18)15-13-11/h1,3,5H,2H2. The van der Waals surface area contributed by atoms with Crippen LogP contribution in [-0.4, -0.2) is 25.1 Å². The molecular formula is C7H5F3N6O2S. The highest BCUT2D eigenvalue weighted by Gasteiger charge is 2.41. The Balaban J connectivity index is 2.42. The molecule has 1 aliphatic carbocycles. The number of nitrogens with zero attached hydrogens (tertiary/aromatic N) is 6. The molecule has 0 amide bonds. The number of hydrogen-bond donors (Lipinski definition) is 0. The third kappa shape index (κ3) is 2.39. The fourth-order valence-electron chi connectivity index (χ4n) is 1.58. The van der Waals surface area contributed by atoms with Crippen LogP contribution in [0.3, 0.4) is 0 Å². The maximum absolute atomic E-state index is 12.5. The van der Waals surface area contributed by atoms with Gasteiger partial charge in [0.15, 0.2) is 0 Å². The molecule has 1 heterocycles. The summed E-state index contributed by atoms with van der Waals surface area (Å²) in [5.41, 5.74) is 6.83. The Morgan fingerprint density at radius 1 is 1.53 bits per heavy atom. The molecule has 0 bridgehead atoms. The number of azide groups is 1. The van der Waals surface area contributed by atoms with Crippen molar-refractivity contribution >= 4 is 10.2 Å². The lowest BCUT2D eigenvalue weighted by Gasteiger charge is -2.19. The van der Waals surface area contributed by atoms with Gasteiger partial charge < -0.3 is 0 Å². The lowest BCUT2D eigenvalue weighted by Crippen LogP contribution is -2.27. The number of fused-ring (bicyclic) bond motifs is 1.